The summed E-state index contributed by atoms with van der Waals surface area (Å²) in [6, 6.07) is 4.89. The van der Waals surface area contributed by atoms with Crippen LogP contribution in [0.25, 0.3) is 0 Å². The Morgan fingerprint density at radius 1 is 1.34 bits per heavy atom. The van der Waals surface area contributed by atoms with Gasteiger partial charge in [0.25, 0.3) is 5.91 Å². The Labute approximate surface area is 180 Å². The molecule has 0 atom stereocenters. The van der Waals surface area contributed by atoms with E-state index in [0.29, 0.717) is 16.1 Å². The van der Waals surface area contributed by atoms with Gasteiger partial charge in [0.05, 0.1) is 18.4 Å². The molecular formula is C20H21BrN2O5S. The molecule has 9 heteroatoms. The first-order chi connectivity index (χ1) is 14.0. The van der Waals surface area contributed by atoms with Crippen molar-refractivity contribution in [1.29, 1.82) is 0 Å². The van der Waals surface area contributed by atoms with E-state index in [2.05, 4.69) is 26.4 Å². The monoisotopic (exact) mass is 480 g/mol. The Bertz CT molecular complexity index is 941. The summed E-state index contributed by atoms with van der Waals surface area (Å²) >= 11 is 4.72. The molecule has 154 valence electrons. The standard InChI is InChI=1S/C20H21BrN2O5S/c1-2-27-20(26)18-14-5-3-4-6-16(14)29-19(18)23-17(25)11-28-22-10-12-9-13(21)7-8-15(12)24/h7-10,24H,2-6,11H2,1H3,(H,23,25)/b22-10+. The van der Waals surface area contributed by atoms with E-state index < -0.39 is 11.9 Å². The van der Waals surface area contributed by atoms with E-state index in [1.165, 1.54) is 23.6 Å². The first-order valence-electron chi connectivity index (χ1n) is 9.25. The minimum absolute atomic E-state index is 0.0493. The number of nitrogens with one attached hydrogen (secondary N) is 1. The molecule has 1 aliphatic rings. The Morgan fingerprint density at radius 3 is 2.93 bits per heavy atom. The van der Waals surface area contributed by atoms with Gasteiger partial charge in [-0.05, 0) is 56.4 Å². The van der Waals surface area contributed by atoms with Gasteiger partial charge in [0, 0.05) is 14.9 Å². The maximum atomic E-state index is 12.4. The summed E-state index contributed by atoms with van der Waals surface area (Å²) in [5.41, 5.74) is 1.90. The Morgan fingerprint density at radius 2 is 2.14 bits per heavy atom. The van der Waals surface area contributed by atoms with Crippen LogP contribution in [0.15, 0.2) is 27.8 Å². The summed E-state index contributed by atoms with van der Waals surface area (Å²) in [7, 11) is 0. The van der Waals surface area contributed by atoms with E-state index in [-0.39, 0.29) is 19.0 Å². The van der Waals surface area contributed by atoms with E-state index in [1.807, 2.05) is 0 Å². The minimum Gasteiger partial charge on any atom is -0.507 e. The zero-order valence-corrected chi connectivity index (χ0v) is 18.3. The number of aromatic hydroxyl groups is 1. The smallest absolute Gasteiger partial charge is 0.341 e. The number of hydrogen-bond acceptors (Lipinski definition) is 7. The number of carbonyl (C=O) groups is 2. The number of benzene rings is 1. The SMILES string of the molecule is CCOC(=O)c1c(NC(=O)CO/N=C/c2cc(Br)ccc2O)sc2c1CCCC2. The predicted octanol–water partition coefficient (Wildman–Crippen LogP) is 4.26. The lowest BCUT2D eigenvalue weighted by atomic mass is 9.95. The fourth-order valence-corrected chi connectivity index (χ4v) is 4.73. The lowest BCUT2D eigenvalue weighted by molar-refractivity contribution is -0.120. The molecule has 0 bridgehead atoms. The number of halogens is 1. The molecule has 0 spiro atoms. The van der Waals surface area contributed by atoms with Gasteiger partial charge in [-0.3, -0.25) is 4.79 Å². The van der Waals surface area contributed by atoms with Crippen molar-refractivity contribution < 1.29 is 24.3 Å². The first kappa shape index (κ1) is 21.3. The number of thiophene rings is 1. The summed E-state index contributed by atoms with van der Waals surface area (Å²) in [6.07, 6.45) is 5.13. The molecule has 1 aromatic carbocycles. The highest BCUT2D eigenvalue weighted by Gasteiger charge is 2.27. The van der Waals surface area contributed by atoms with Gasteiger partial charge in [0.1, 0.15) is 10.8 Å². The third-order valence-electron chi connectivity index (χ3n) is 4.36. The van der Waals surface area contributed by atoms with Crippen molar-refractivity contribution in [3.8, 4) is 5.75 Å². The predicted molar refractivity (Wildman–Crippen MR) is 115 cm³/mol. The van der Waals surface area contributed by atoms with Crippen LogP contribution < -0.4 is 5.32 Å². The largest absolute Gasteiger partial charge is 0.507 e. The molecule has 1 heterocycles. The van der Waals surface area contributed by atoms with Crippen LogP contribution in [0, 0.1) is 0 Å². The number of phenols is 1. The van der Waals surface area contributed by atoms with Crippen LogP contribution in [-0.4, -0.2) is 36.4 Å². The number of esters is 1. The summed E-state index contributed by atoms with van der Waals surface area (Å²) in [5.74, 6) is -0.788. The van der Waals surface area contributed by atoms with Crippen molar-refractivity contribution in [3.05, 3.63) is 44.2 Å². The van der Waals surface area contributed by atoms with E-state index in [9.17, 15) is 14.7 Å². The molecule has 1 amide bonds. The average Bonchev–Trinajstić information content (AvgIpc) is 3.05. The maximum absolute atomic E-state index is 12.4. The number of anilines is 1. The van der Waals surface area contributed by atoms with Gasteiger partial charge in [0.2, 0.25) is 0 Å². The van der Waals surface area contributed by atoms with Crippen LogP contribution in [0.3, 0.4) is 0 Å². The van der Waals surface area contributed by atoms with Crippen LogP contribution in [0.5, 0.6) is 5.75 Å². The van der Waals surface area contributed by atoms with E-state index >= 15 is 0 Å². The van der Waals surface area contributed by atoms with Crippen LogP contribution in [-0.2, 0) is 27.2 Å². The lowest BCUT2D eigenvalue weighted by Crippen LogP contribution is -2.19. The van der Waals surface area contributed by atoms with E-state index in [1.54, 1.807) is 19.1 Å². The van der Waals surface area contributed by atoms with Crippen LogP contribution in [0.1, 0.15) is 46.1 Å². The molecule has 0 aliphatic heterocycles. The van der Waals surface area contributed by atoms with E-state index in [0.717, 1.165) is 40.6 Å². The van der Waals surface area contributed by atoms with Gasteiger partial charge in [-0.2, -0.15) is 0 Å². The highest BCUT2D eigenvalue weighted by molar-refractivity contribution is 9.10. The number of carbonyl (C=O) groups excluding carboxylic acids is 2. The van der Waals surface area contributed by atoms with Crippen LogP contribution in [0.2, 0.25) is 0 Å². The van der Waals surface area contributed by atoms with Gasteiger partial charge in [0.15, 0.2) is 6.61 Å². The fraction of sp³-hybridized carbons (Fsp3) is 0.350. The summed E-state index contributed by atoms with van der Waals surface area (Å²) in [4.78, 5) is 30.8. The number of nitrogens with zero attached hydrogens (tertiary/aromatic N) is 1. The van der Waals surface area contributed by atoms with Crippen molar-refractivity contribution in [2.45, 2.75) is 32.6 Å². The number of fused-ring (bicyclic) bond motifs is 1. The van der Waals surface area contributed by atoms with Crippen molar-refractivity contribution in [1.82, 2.24) is 0 Å². The van der Waals surface area contributed by atoms with Gasteiger partial charge >= 0.3 is 5.97 Å². The Hall–Kier alpha value is -2.39. The molecule has 2 N–H and O–H groups in total. The summed E-state index contributed by atoms with van der Waals surface area (Å²) in [6.45, 7) is 1.71. The molecule has 1 aromatic heterocycles. The molecule has 29 heavy (non-hydrogen) atoms. The van der Waals surface area contributed by atoms with Crippen LogP contribution >= 0.6 is 27.3 Å². The number of oxime groups is 1. The van der Waals surface area contributed by atoms with Crippen molar-refractivity contribution in [2.75, 3.05) is 18.5 Å². The first-order valence-corrected chi connectivity index (χ1v) is 10.9. The molecule has 2 aromatic rings. The lowest BCUT2D eigenvalue weighted by Gasteiger charge is -2.12. The van der Waals surface area contributed by atoms with Crippen molar-refractivity contribution >= 4 is 50.4 Å². The normalized spacial score (nSPS) is 13.2. The highest BCUT2D eigenvalue weighted by Crippen LogP contribution is 2.38. The molecule has 0 unspecified atom stereocenters. The topological polar surface area (TPSA) is 97.2 Å². The highest BCUT2D eigenvalue weighted by atomic mass is 79.9. The van der Waals surface area contributed by atoms with Crippen LogP contribution in [0.4, 0.5) is 5.00 Å². The second-order valence-electron chi connectivity index (χ2n) is 6.39. The second-order valence-corrected chi connectivity index (χ2v) is 8.42. The quantitative estimate of drug-likeness (QED) is 0.350. The van der Waals surface area contributed by atoms with Gasteiger partial charge in [-0.1, -0.05) is 21.1 Å². The third-order valence-corrected chi connectivity index (χ3v) is 6.06. The Kier molecular flexibility index (Phi) is 7.27. The summed E-state index contributed by atoms with van der Waals surface area (Å²) < 4.78 is 5.96. The number of aryl methyl sites for hydroxylation is 1. The average molecular weight is 481 g/mol. The fourth-order valence-electron chi connectivity index (χ4n) is 3.05. The maximum Gasteiger partial charge on any atom is 0.341 e. The zero-order chi connectivity index (χ0) is 20.8. The number of phenolic OH excluding ortho intramolecular Hbond substituents is 1. The van der Waals surface area contributed by atoms with Gasteiger partial charge in [-0.25, -0.2) is 4.79 Å². The molecule has 0 saturated heterocycles. The zero-order valence-electron chi connectivity index (χ0n) is 15.9. The molecule has 3 rings (SSSR count). The van der Waals surface area contributed by atoms with Gasteiger partial charge in [-0.15, -0.1) is 11.3 Å². The van der Waals surface area contributed by atoms with Crippen molar-refractivity contribution in [2.24, 2.45) is 5.16 Å². The number of rotatable bonds is 7. The van der Waals surface area contributed by atoms with E-state index in [4.69, 9.17) is 9.57 Å². The molecule has 0 fully saturated rings. The second kappa shape index (κ2) is 9.89. The Balaban J connectivity index is 1.64. The molecule has 7 nitrogen and oxygen atoms in total. The third kappa shape index (κ3) is 5.36. The number of amides is 1. The molecule has 0 saturated carbocycles. The van der Waals surface area contributed by atoms with Crippen molar-refractivity contribution in [3.63, 3.8) is 0 Å². The minimum atomic E-state index is -0.426. The number of ether oxygens (including phenoxy) is 1. The summed E-state index contributed by atoms with van der Waals surface area (Å²) in [5, 5.41) is 16.7. The number of hydrogen-bond donors (Lipinski definition) is 2. The molecule has 0 radical (unpaired) electrons. The molecular weight excluding hydrogens is 460 g/mol. The molecule has 1 aliphatic carbocycles. The van der Waals surface area contributed by atoms with Gasteiger partial charge < -0.3 is 20.0 Å².